The molecule has 0 aliphatic heterocycles. The largest absolute Gasteiger partial charge is 0.462 e. The molecule has 0 fully saturated rings. The summed E-state index contributed by atoms with van der Waals surface area (Å²) in [4.78, 5) is 11.9. The molecule has 0 atom stereocenters. The Morgan fingerprint density at radius 1 is 1.17 bits per heavy atom. The molecule has 0 aliphatic rings. The van der Waals surface area contributed by atoms with Crippen LogP contribution in [0.2, 0.25) is 0 Å². The molecule has 2 aromatic carbocycles. The number of benzene rings is 2. The molecule has 0 unspecified atom stereocenters. The van der Waals surface area contributed by atoms with Gasteiger partial charge in [-0.3, -0.25) is 0 Å². The molecule has 0 spiro atoms. The van der Waals surface area contributed by atoms with E-state index in [4.69, 9.17) is 4.74 Å². The lowest BCUT2D eigenvalue weighted by Crippen LogP contribution is -2.06. The molecule has 18 heavy (non-hydrogen) atoms. The molecule has 0 saturated carbocycles. The second-order valence-corrected chi connectivity index (χ2v) is 5.67. The van der Waals surface area contributed by atoms with Crippen molar-refractivity contribution in [3.8, 4) is 0 Å². The topological polar surface area (TPSA) is 26.3 Å². The van der Waals surface area contributed by atoms with E-state index in [1.54, 1.807) is 6.92 Å². The minimum absolute atomic E-state index is 0.274. The first-order valence-electron chi connectivity index (χ1n) is 5.60. The van der Waals surface area contributed by atoms with Crippen LogP contribution in [-0.2, 0) is 4.74 Å². The van der Waals surface area contributed by atoms with Crippen LogP contribution in [0.5, 0.6) is 0 Å². The van der Waals surface area contributed by atoms with Crippen LogP contribution in [0, 0.1) is 6.92 Å². The van der Waals surface area contributed by atoms with Gasteiger partial charge in [0.05, 0.1) is 12.2 Å². The van der Waals surface area contributed by atoms with Crippen molar-refractivity contribution in [2.24, 2.45) is 0 Å². The van der Waals surface area contributed by atoms with Crippen molar-refractivity contribution >= 4 is 48.6 Å². The summed E-state index contributed by atoms with van der Waals surface area (Å²) in [7, 11) is 0. The smallest absolute Gasteiger partial charge is 0.338 e. The standard InChI is InChI=1S/C14H12Br2O2/c1-3-18-14(17)9-7-11-10(6-8(9)2)12(15)4-5-13(11)16/h4-7H,3H2,1-2H3. The third kappa shape index (κ3) is 2.45. The molecule has 0 bridgehead atoms. The van der Waals surface area contributed by atoms with Gasteiger partial charge in [0.25, 0.3) is 0 Å². The Labute approximate surface area is 123 Å². The first-order valence-corrected chi connectivity index (χ1v) is 7.18. The van der Waals surface area contributed by atoms with Crippen molar-refractivity contribution in [3.63, 3.8) is 0 Å². The van der Waals surface area contributed by atoms with Gasteiger partial charge in [0.2, 0.25) is 0 Å². The summed E-state index contributed by atoms with van der Waals surface area (Å²) in [6.45, 7) is 4.11. The third-order valence-corrected chi connectivity index (χ3v) is 4.13. The van der Waals surface area contributed by atoms with Crippen molar-refractivity contribution < 1.29 is 9.53 Å². The quantitative estimate of drug-likeness (QED) is 0.705. The Kier molecular flexibility index (Phi) is 4.07. The van der Waals surface area contributed by atoms with Gasteiger partial charge in [0.15, 0.2) is 0 Å². The lowest BCUT2D eigenvalue weighted by atomic mass is 10.0. The van der Waals surface area contributed by atoms with E-state index in [0.717, 1.165) is 25.3 Å². The number of hydrogen-bond donors (Lipinski definition) is 0. The summed E-state index contributed by atoms with van der Waals surface area (Å²) < 4.78 is 7.04. The van der Waals surface area contributed by atoms with Crippen LogP contribution in [0.15, 0.2) is 33.2 Å². The minimum atomic E-state index is -0.274. The van der Waals surface area contributed by atoms with Gasteiger partial charge < -0.3 is 4.74 Å². The lowest BCUT2D eigenvalue weighted by Gasteiger charge is -2.10. The van der Waals surface area contributed by atoms with Crippen LogP contribution in [0.25, 0.3) is 10.8 Å². The average molecular weight is 372 g/mol. The van der Waals surface area contributed by atoms with Crippen LogP contribution >= 0.6 is 31.9 Å². The lowest BCUT2D eigenvalue weighted by molar-refractivity contribution is 0.0525. The number of hydrogen-bond acceptors (Lipinski definition) is 2. The second-order valence-electron chi connectivity index (χ2n) is 3.96. The maximum Gasteiger partial charge on any atom is 0.338 e. The first-order chi connectivity index (χ1) is 8.54. The third-order valence-electron chi connectivity index (χ3n) is 2.75. The van der Waals surface area contributed by atoms with Gasteiger partial charge in [-0.25, -0.2) is 4.79 Å². The second kappa shape index (κ2) is 5.41. The Hall–Kier alpha value is -0.870. The van der Waals surface area contributed by atoms with Crippen molar-refractivity contribution in [1.82, 2.24) is 0 Å². The summed E-state index contributed by atoms with van der Waals surface area (Å²) in [6.07, 6.45) is 0. The Morgan fingerprint density at radius 3 is 2.28 bits per heavy atom. The molecule has 0 heterocycles. The molecule has 2 rings (SSSR count). The van der Waals surface area contributed by atoms with Crippen LogP contribution in [-0.4, -0.2) is 12.6 Å². The molecule has 2 nitrogen and oxygen atoms in total. The van der Waals surface area contributed by atoms with Crippen molar-refractivity contribution in [3.05, 3.63) is 44.3 Å². The molecule has 0 saturated heterocycles. The van der Waals surface area contributed by atoms with E-state index >= 15 is 0 Å². The van der Waals surface area contributed by atoms with Crippen LogP contribution in [0.4, 0.5) is 0 Å². The van der Waals surface area contributed by atoms with E-state index < -0.39 is 0 Å². The number of fused-ring (bicyclic) bond motifs is 1. The number of esters is 1. The highest BCUT2D eigenvalue weighted by atomic mass is 79.9. The van der Waals surface area contributed by atoms with E-state index in [9.17, 15) is 4.79 Å². The normalized spacial score (nSPS) is 10.7. The maximum atomic E-state index is 11.9. The van der Waals surface area contributed by atoms with Gasteiger partial charge in [-0.2, -0.15) is 0 Å². The fourth-order valence-corrected chi connectivity index (χ4v) is 2.78. The van der Waals surface area contributed by atoms with Gasteiger partial charge in [-0.05, 0) is 54.4 Å². The van der Waals surface area contributed by atoms with Crippen molar-refractivity contribution in [2.45, 2.75) is 13.8 Å². The highest BCUT2D eigenvalue weighted by Crippen LogP contribution is 2.32. The van der Waals surface area contributed by atoms with Crippen LogP contribution in [0.3, 0.4) is 0 Å². The number of ether oxygens (including phenoxy) is 1. The summed E-state index contributed by atoms with van der Waals surface area (Å²) in [5, 5.41) is 2.08. The van der Waals surface area contributed by atoms with Gasteiger partial charge in [0, 0.05) is 8.95 Å². The minimum Gasteiger partial charge on any atom is -0.462 e. The number of aryl methyl sites for hydroxylation is 1. The van der Waals surface area contributed by atoms with E-state index in [1.807, 2.05) is 31.2 Å². The molecular formula is C14H12Br2O2. The Morgan fingerprint density at radius 2 is 1.72 bits per heavy atom. The summed E-state index contributed by atoms with van der Waals surface area (Å²) in [5.74, 6) is -0.274. The molecule has 0 N–H and O–H groups in total. The molecule has 94 valence electrons. The van der Waals surface area contributed by atoms with E-state index in [-0.39, 0.29) is 5.97 Å². The molecule has 2 aromatic rings. The zero-order valence-electron chi connectivity index (χ0n) is 10.1. The first kappa shape index (κ1) is 13.6. The average Bonchev–Trinajstić information content (AvgIpc) is 2.34. The number of halogens is 2. The predicted molar refractivity (Wildman–Crippen MR) is 80.0 cm³/mol. The van der Waals surface area contributed by atoms with E-state index in [2.05, 4.69) is 31.9 Å². The van der Waals surface area contributed by atoms with Gasteiger partial charge >= 0.3 is 5.97 Å². The highest BCUT2D eigenvalue weighted by Gasteiger charge is 2.13. The van der Waals surface area contributed by atoms with Gasteiger partial charge in [0.1, 0.15) is 0 Å². The predicted octanol–water partition coefficient (Wildman–Crippen LogP) is 4.85. The Balaban J connectivity index is 2.68. The summed E-state index contributed by atoms with van der Waals surface area (Å²) in [6, 6.07) is 7.81. The summed E-state index contributed by atoms with van der Waals surface area (Å²) >= 11 is 7.03. The van der Waals surface area contributed by atoms with Crippen molar-refractivity contribution in [2.75, 3.05) is 6.61 Å². The fourth-order valence-electron chi connectivity index (χ4n) is 1.86. The van der Waals surface area contributed by atoms with E-state index in [0.29, 0.717) is 12.2 Å². The number of rotatable bonds is 2. The molecule has 0 radical (unpaired) electrons. The Bertz CT molecular complexity index is 621. The van der Waals surface area contributed by atoms with E-state index in [1.165, 1.54) is 0 Å². The summed E-state index contributed by atoms with van der Waals surface area (Å²) in [5.41, 5.74) is 1.53. The molecule has 4 heteroatoms. The van der Waals surface area contributed by atoms with Crippen molar-refractivity contribution in [1.29, 1.82) is 0 Å². The molecular weight excluding hydrogens is 360 g/mol. The molecule has 0 amide bonds. The molecule has 0 aliphatic carbocycles. The fraction of sp³-hybridized carbons (Fsp3) is 0.214. The molecule has 0 aromatic heterocycles. The van der Waals surface area contributed by atoms with Gasteiger partial charge in [-0.1, -0.05) is 31.9 Å². The highest BCUT2D eigenvalue weighted by molar-refractivity contribution is 9.11. The SMILES string of the molecule is CCOC(=O)c1cc2c(Br)ccc(Br)c2cc1C. The maximum absolute atomic E-state index is 11.9. The van der Waals surface area contributed by atoms with Gasteiger partial charge in [-0.15, -0.1) is 0 Å². The monoisotopic (exact) mass is 370 g/mol. The van der Waals surface area contributed by atoms with Crippen LogP contribution < -0.4 is 0 Å². The number of carbonyl (C=O) groups excluding carboxylic acids is 1. The zero-order valence-corrected chi connectivity index (χ0v) is 13.3. The van der Waals surface area contributed by atoms with Crippen LogP contribution in [0.1, 0.15) is 22.8 Å². The number of carbonyl (C=O) groups is 1. The zero-order chi connectivity index (χ0) is 13.3.